The maximum atomic E-state index is 13.3. The highest BCUT2D eigenvalue weighted by Gasteiger charge is 2.17. The molecule has 1 amide bonds. The van der Waals surface area contributed by atoms with Crippen LogP contribution in [0.3, 0.4) is 0 Å². The second-order valence-corrected chi connectivity index (χ2v) is 8.61. The molecule has 198 valence electrons. The quantitative estimate of drug-likeness (QED) is 0.242. The van der Waals surface area contributed by atoms with Crippen molar-refractivity contribution < 1.29 is 13.9 Å². The van der Waals surface area contributed by atoms with Crippen LogP contribution in [-0.4, -0.2) is 34.0 Å². The Balaban J connectivity index is 1.46. The number of halogens is 1. The molecule has 2 heterocycles. The van der Waals surface area contributed by atoms with E-state index in [4.69, 9.17) is 16.2 Å². The monoisotopic (exact) mass is 526 g/mol. The lowest BCUT2D eigenvalue weighted by molar-refractivity contribution is 0.0940. The molecule has 0 fully saturated rings. The average molecular weight is 527 g/mol. The highest BCUT2D eigenvalue weighted by atomic mass is 19.1. The summed E-state index contributed by atoms with van der Waals surface area (Å²) in [5.41, 5.74) is 14.9. The molecule has 1 atom stereocenters. The van der Waals surface area contributed by atoms with Crippen molar-refractivity contribution in [2.45, 2.75) is 19.5 Å². The van der Waals surface area contributed by atoms with E-state index in [2.05, 4.69) is 25.6 Å². The Morgan fingerprint density at radius 2 is 1.87 bits per heavy atom. The zero-order chi connectivity index (χ0) is 27.8. The number of nitriles is 1. The fraction of sp³-hybridized carbons (Fsp3) is 0.179. The number of hydrogen-bond donors (Lipinski definition) is 4. The van der Waals surface area contributed by atoms with Crippen LogP contribution >= 0.6 is 0 Å². The third kappa shape index (κ3) is 6.82. The Kier molecular flexibility index (Phi) is 8.60. The van der Waals surface area contributed by atoms with Gasteiger partial charge in [-0.15, -0.1) is 0 Å². The fourth-order valence-electron chi connectivity index (χ4n) is 3.71. The molecule has 2 aromatic carbocycles. The van der Waals surface area contributed by atoms with Crippen LogP contribution in [-0.2, 0) is 6.54 Å². The molecule has 0 bridgehead atoms. The van der Waals surface area contributed by atoms with Crippen LogP contribution in [0.25, 0.3) is 11.3 Å². The average Bonchev–Trinajstić information content (AvgIpc) is 2.96. The number of carbonyl (C=O) groups excluding carboxylic acids is 1. The van der Waals surface area contributed by atoms with Crippen LogP contribution in [0.1, 0.15) is 40.0 Å². The van der Waals surface area contributed by atoms with Gasteiger partial charge in [-0.05, 0) is 36.2 Å². The number of amides is 1. The van der Waals surface area contributed by atoms with Gasteiger partial charge in [0.2, 0.25) is 0 Å². The molecule has 4 aromatic rings. The van der Waals surface area contributed by atoms with Crippen molar-refractivity contribution in [3.63, 3.8) is 0 Å². The molecule has 4 rings (SSSR count). The van der Waals surface area contributed by atoms with E-state index in [1.807, 2.05) is 30.3 Å². The zero-order valence-corrected chi connectivity index (χ0v) is 21.2. The van der Waals surface area contributed by atoms with Gasteiger partial charge in [0.25, 0.3) is 11.8 Å². The third-order valence-corrected chi connectivity index (χ3v) is 5.81. The van der Waals surface area contributed by atoms with E-state index in [0.29, 0.717) is 24.6 Å². The number of ether oxygens (including phenoxy) is 1. The van der Waals surface area contributed by atoms with Crippen LogP contribution in [0.15, 0.2) is 67.0 Å². The first-order chi connectivity index (χ1) is 18.9. The summed E-state index contributed by atoms with van der Waals surface area (Å²) in [6.07, 6.45) is 2.96. The van der Waals surface area contributed by atoms with Gasteiger partial charge in [0.1, 0.15) is 24.3 Å². The van der Waals surface area contributed by atoms with E-state index in [1.165, 1.54) is 24.4 Å². The predicted octanol–water partition coefficient (Wildman–Crippen LogP) is 3.57. The second kappa shape index (κ2) is 12.4. The number of benzene rings is 2. The minimum atomic E-state index is -0.413. The molecule has 2 aromatic heterocycles. The summed E-state index contributed by atoms with van der Waals surface area (Å²) >= 11 is 0. The Hall–Kier alpha value is -5.08. The van der Waals surface area contributed by atoms with Gasteiger partial charge in [0.15, 0.2) is 5.82 Å². The number of nitrogens with one attached hydrogen (secondary N) is 2. The Morgan fingerprint density at radius 1 is 1.13 bits per heavy atom. The van der Waals surface area contributed by atoms with Crippen molar-refractivity contribution in [2.75, 3.05) is 24.2 Å². The summed E-state index contributed by atoms with van der Waals surface area (Å²) < 4.78 is 18.7. The normalized spacial score (nSPS) is 11.3. The van der Waals surface area contributed by atoms with E-state index in [1.54, 1.807) is 25.3 Å². The molecule has 0 saturated carbocycles. The number of aromatic nitrogens is 3. The van der Waals surface area contributed by atoms with E-state index in [-0.39, 0.29) is 41.3 Å². The van der Waals surface area contributed by atoms with Crippen molar-refractivity contribution >= 4 is 17.5 Å². The Bertz CT molecular complexity index is 1490. The van der Waals surface area contributed by atoms with Crippen molar-refractivity contribution in [3.8, 4) is 23.2 Å². The number of nitrogens with two attached hydrogens (primary N) is 2. The summed E-state index contributed by atoms with van der Waals surface area (Å²) in [6, 6.07) is 16.6. The van der Waals surface area contributed by atoms with Crippen molar-refractivity contribution in [1.29, 1.82) is 5.26 Å². The minimum Gasteiger partial charge on any atom is -0.474 e. The van der Waals surface area contributed by atoms with Crippen LogP contribution in [0.2, 0.25) is 0 Å². The molecule has 11 heteroatoms. The number of pyridine rings is 1. The molecule has 1 unspecified atom stereocenters. The lowest BCUT2D eigenvalue weighted by atomic mass is 10.1. The van der Waals surface area contributed by atoms with Gasteiger partial charge in [-0.3, -0.25) is 4.79 Å². The van der Waals surface area contributed by atoms with Crippen LogP contribution in [0, 0.1) is 17.1 Å². The summed E-state index contributed by atoms with van der Waals surface area (Å²) in [5, 5.41) is 15.4. The molecular weight excluding hydrogens is 499 g/mol. The molecule has 0 saturated heterocycles. The molecule has 39 heavy (non-hydrogen) atoms. The molecule has 0 aliphatic rings. The van der Waals surface area contributed by atoms with Gasteiger partial charge in [0, 0.05) is 24.8 Å². The topological polar surface area (TPSA) is 165 Å². The SMILES string of the molecule is CC(NC(=O)c1cc(C#N)cnc1NCc1ccc(-c2cnc(N)c(OCCN)n2)cc1)c1ccc(F)cc1. The number of anilines is 2. The summed E-state index contributed by atoms with van der Waals surface area (Å²) in [5.74, 6) is -0.0211. The molecule has 0 aliphatic heterocycles. The molecule has 0 aliphatic carbocycles. The first-order valence-electron chi connectivity index (χ1n) is 12.1. The van der Waals surface area contributed by atoms with E-state index in [0.717, 1.165) is 16.7 Å². The number of rotatable bonds is 10. The molecule has 0 radical (unpaired) electrons. The molecule has 10 nitrogen and oxygen atoms in total. The predicted molar refractivity (Wildman–Crippen MR) is 145 cm³/mol. The van der Waals surface area contributed by atoms with Gasteiger partial charge in [-0.25, -0.2) is 19.3 Å². The summed E-state index contributed by atoms with van der Waals surface area (Å²) in [7, 11) is 0. The maximum Gasteiger partial charge on any atom is 0.257 e. The lowest BCUT2D eigenvalue weighted by Gasteiger charge is -2.16. The van der Waals surface area contributed by atoms with Gasteiger partial charge in [0.05, 0.1) is 29.1 Å². The van der Waals surface area contributed by atoms with E-state index >= 15 is 0 Å². The summed E-state index contributed by atoms with van der Waals surface area (Å²) in [6.45, 7) is 2.77. The largest absolute Gasteiger partial charge is 0.474 e. The highest BCUT2D eigenvalue weighted by molar-refractivity contribution is 5.99. The van der Waals surface area contributed by atoms with Crippen molar-refractivity contribution in [2.24, 2.45) is 5.73 Å². The van der Waals surface area contributed by atoms with Crippen LogP contribution < -0.4 is 26.8 Å². The second-order valence-electron chi connectivity index (χ2n) is 8.61. The minimum absolute atomic E-state index is 0.190. The number of nitrogen functional groups attached to an aromatic ring is 1. The third-order valence-electron chi connectivity index (χ3n) is 5.81. The molecule has 6 N–H and O–H groups in total. The van der Waals surface area contributed by atoms with Crippen molar-refractivity contribution in [1.82, 2.24) is 20.3 Å². The van der Waals surface area contributed by atoms with Gasteiger partial charge < -0.3 is 26.8 Å². The first-order valence-corrected chi connectivity index (χ1v) is 12.1. The number of nitrogens with zero attached hydrogens (tertiary/aromatic N) is 4. The summed E-state index contributed by atoms with van der Waals surface area (Å²) in [4.78, 5) is 26.0. The van der Waals surface area contributed by atoms with Crippen LogP contribution in [0.5, 0.6) is 5.88 Å². The van der Waals surface area contributed by atoms with Crippen LogP contribution in [0.4, 0.5) is 16.0 Å². The maximum absolute atomic E-state index is 13.3. The lowest BCUT2D eigenvalue weighted by Crippen LogP contribution is -2.28. The van der Waals surface area contributed by atoms with E-state index in [9.17, 15) is 14.4 Å². The van der Waals surface area contributed by atoms with E-state index < -0.39 is 5.91 Å². The Labute approximate surface area is 224 Å². The first kappa shape index (κ1) is 27.0. The Morgan fingerprint density at radius 3 is 2.56 bits per heavy atom. The highest BCUT2D eigenvalue weighted by Crippen LogP contribution is 2.24. The smallest absolute Gasteiger partial charge is 0.257 e. The molecular formula is C28H27FN8O2. The van der Waals surface area contributed by atoms with Crippen molar-refractivity contribution in [3.05, 3.63) is 95.1 Å². The standard InChI is InChI=1S/C28H27FN8O2/c1-17(20-6-8-22(29)9-7-20)36-27(38)23-12-19(13-31)15-35-26(23)34-14-18-2-4-21(5-3-18)24-16-33-25(32)28(37-24)39-11-10-30/h2-9,12,15-17H,10-11,14,30H2,1H3,(H2,32,33)(H,34,35)(H,36,38). The fourth-order valence-corrected chi connectivity index (χ4v) is 3.71. The number of hydrogen-bond acceptors (Lipinski definition) is 9. The van der Waals surface area contributed by atoms with Gasteiger partial charge in [-0.1, -0.05) is 36.4 Å². The zero-order valence-electron chi connectivity index (χ0n) is 21.2. The number of carbonyl (C=O) groups is 1. The molecule has 0 spiro atoms. The van der Waals surface area contributed by atoms with Gasteiger partial charge in [-0.2, -0.15) is 5.26 Å². The van der Waals surface area contributed by atoms with Gasteiger partial charge >= 0.3 is 0 Å².